The van der Waals surface area contributed by atoms with E-state index in [1.165, 1.54) is 19.2 Å². The average molecular weight is 384 g/mol. The Morgan fingerprint density at radius 3 is 2.93 bits per heavy atom. The number of hydrogen-bond acceptors (Lipinski definition) is 6. The van der Waals surface area contributed by atoms with E-state index in [9.17, 15) is 19.2 Å². The van der Waals surface area contributed by atoms with E-state index in [2.05, 4.69) is 10.3 Å². The van der Waals surface area contributed by atoms with Crippen molar-refractivity contribution < 1.29 is 24.0 Å². The number of aryl methyl sites for hydroxylation is 1. The first-order valence-electron chi connectivity index (χ1n) is 9.47. The molecule has 0 saturated heterocycles. The van der Waals surface area contributed by atoms with E-state index in [-0.39, 0.29) is 23.7 Å². The summed E-state index contributed by atoms with van der Waals surface area (Å²) >= 11 is 0. The van der Waals surface area contributed by atoms with Crippen molar-refractivity contribution in [1.82, 2.24) is 4.98 Å². The van der Waals surface area contributed by atoms with Crippen LogP contribution in [0, 0.1) is 5.82 Å². The van der Waals surface area contributed by atoms with Crippen molar-refractivity contribution in [2.24, 2.45) is 0 Å². The van der Waals surface area contributed by atoms with Crippen LogP contribution < -0.4 is 10.8 Å². The van der Waals surface area contributed by atoms with Crippen LogP contribution in [-0.4, -0.2) is 35.2 Å². The molecular weight excluding hydrogens is 362 g/mol. The van der Waals surface area contributed by atoms with Gasteiger partial charge in [-0.15, -0.1) is 0 Å². The van der Waals surface area contributed by atoms with Crippen LogP contribution in [0.4, 0.5) is 10.2 Å². The van der Waals surface area contributed by atoms with Crippen LogP contribution in [0.5, 0.6) is 0 Å². The number of benzene rings is 1. The van der Waals surface area contributed by atoms with Gasteiger partial charge >= 0.3 is 13.1 Å². The Morgan fingerprint density at radius 1 is 1.36 bits per heavy atom. The van der Waals surface area contributed by atoms with Gasteiger partial charge in [-0.2, -0.15) is 0 Å². The molecule has 1 heterocycles. The minimum atomic E-state index is -1.61. The number of nitrogens with one attached hydrogen (secondary N) is 1. The highest BCUT2D eigenvalue weighted by Crippen LogP contribution is 2.38. The van der Waals surface area contributed by atoms with Gasteiger partial charge < -0.3 is 20.1 Å². The first-order chi connectivity index (χ1) is 13.5. The number of nitrogens with zero attached hydrogens (tertiary/aromatic N) is 1. The molecule has 8 heteroatoms. The Bertz CT molecular complexity index is 921. The third-order valence-electron chi connectivity index (χ3n) is 5.84. The van der Waals surface area contributed by atoms with Crippen molar-refractivity contribution in [1.29, 1.82) is 0 Å². The smallest absolute Gasteiger partial charge is 0.469 e. The fourth-order valence-electron chi connectivity index (χ4n) is 4.46. The minimum Gasteiger partial charge on any atom is -0.469 e. The van der Waals surface area contributed by atoms with Crippen LogP contribution in [0.2, 0.25) is 0 Å². The minimum absolute atomic E-state index is 0.127. The zero-order valence-electron chi connectivity index (χ0n) is 15.6. The molecule has 0 saturated carbocycles. The van der Waals surface area contributed by atoms with Crippen LogP contribution in [0.3, 0.4) is 0 Å². The lowest BCUT2D eigenvalue weighted by Crippen LogP contribution is -2.33. The van der Waals surface area contributed by atoms with Crippen LogP contribution in [0.1, 0.15) is 53.5 Å². The zero-order valence-corrected chi connectivity index (χ0v) is 15.6. The Labute approximate surface area is 162 Å². The van der Waals surface area contributed by atoms with E-state index in [0.29, 0.717) is 41.7 Å². The topological polar surface area (TPSA) is 91.7 Å². The number of ether oxygens (including phenoxy) is 1. The first kappa shape index (κ1) is 18.9. The largest absolute Gasteiger partial charge is 0.488 e. The van der Waals surface area contributed by atoms with Gasteiger partial charge in [-0.05, 0) is 65.9 Å². The van der Waals surface area contributed by atoms with Crippen molar-refractivity contribution >= 4 is 24.4 Å². The quantitative estimate of drug-likeness (QED) is 0.536. The molecule has 4 rings (SSSR count). The fourth-order valence-corrected chi connectivity index (χ4v) is 4.46. The molecular formula is C20H22BFN2O4. The molecule has 0 radical (unpaired) electrons. The number of esters is 1. The molecule has 0 fully saturated rings. The second-order valence-electron chi connectivity index (χ2n) is 7.42. The Kier molecular flexibility index (Phi) is 5.08. The number of fused-ring (bicyclic) bond motifs is 2. The molecule has 146 valence electrons. The molecule has 0 amide bonds. The second-order valence-corrected chi connectivity index (χ2v) is 7.42. The third-order valence-corrected chi connectivity index (χ3v) is 5.84. The molecule has 0 spiro atoms. The van der Waals surface area contributed by atoms with Gasteiger partial charge in [-0.1, -0.05) is 6.07 Å². The van der Waals surface area contributed by atoms with E-state index >= 15 is 0 Å². The summed E-state index contributed by atoms with van der Waals surface area (Å²) in [5, 5.41) is 22.4. The summed E-state index contributed by atoms with van der Waals surface area (Å²) in [5.74, 6) is 0.209. The molecule has 0 aliphatic heterocycles. The van der Waals surface area contributed by atoms with Crippen molar-refractivity contribution in [2.75, 3.05) is 12.4 Å². The Morgan fingerprint density at radius 2 is 2.18 bits per heavy atom. The molecule has 2 aliphatic carbocycles. The maximum Gasteiger partial charge on any atom is 0.488 e. The van der Waals surface area contributed by atoms with Crippen molar-refractivity contribution in [2.45, 2.75) is 44.1 Å². The Hall–Kier alpha value is -2.45. The molecule has 1 aromatic heterocycles. The molecule has 6 nitrogen and oxygen atoms in total. The summed E-state index contributed by atoms with van der Waals surface area (Å²) in [5.41, 5.74) is 3.71. The van der Waals surface area contributed by atoms with Gasteiger partial charge in [-0.25, -0.2) is 9.37 Å². The molecule has 1 aromatic carbocycles. The number of halogens is 1. The summed E-state index contributed by atoms with van der Waals surface area (Å²) in [6.45, 7) is 0. The Balaban J connectivity index is 1.55. The van der Waals surface area contributed by atoms with Gasteiger partial charge in [0.1, 0.15) is 11.6 Å². The summed E-state index contributed by atoms with van der Waals surface area (Å²) in [6, 6.07) is 4.40. The summed E-state index contributed by atoms with van der Waals surface area (Å²) < 4.78 is 19.2. The zero-order chi connectivity index (χ0) is 19.8. The van der Waals surface area contributed by atoms with E-state index in [0.717, 1.165) is 24.0 Å². The molecule has 2 atom stereocenters. The van der Waals surface area contributed by atoms with Crippen molar-refractivity contribution in [3.63, 3.8) is 0 Å². The predicted molar refractivity (Wildman–Crippen MR) is 103 cm³/mol. The van der Waals surface area contributed by atoms with Crippen molar-refractivity contribution in [3.05, 3.63) is 52.5 Å². The lowest BCUT2D eigenvalue weighted by Gasteiger charge is -2.17. The van der Waals surface area contributed by atoms with Crippen LogP contribution >= 0.6 is 0 Å². The maximum atomic E-state index is 14.4. The molecule has 28 heavy (non-hydrogen) atoms. The fraction of sp³-hybridized carbons (Fsp3) is 0.400. The number of rotatable bonds is 5. The standard InChI is InChI=1S/C20H22BFN2O4/c1-28-19(25)9-12-3-2-11-8-18(23-10-14(11)12)24-17-7-4-13-15(21(26)27)5-6-16(22)20(13)17/h5-6,8,10,12,17,26-27H,2-4,7,9H2,1H3,(H,23,24)/t12-,17+/m0/s1. The monoisotopic (exact) mass is 384 g/mol. The normalized spacial score (nSPS) is 19.9. The lowest BCUT2D eigenvalue weighted by molar-refractivity contribution is -0.141. The van der Waals surface area contributed by atoms with Crippen LogP contribution in [0.15, 0.2) is 24.4 Å². The predicted octanol–water partition coefficient (Wildman–Crippen LogP) is 1.59. The van der Waals surface area contributed by atoms with Gasteiger partial charge in [0, 0.05) is 11.8 Å². The van der Waals surface area contributed by atoms with Gasteiger partial charge in [-0.3, -0.25) is 4.79 Å². The van der Waals surface area contributed by atoms with E-state index in [4.69, 9.17) is 4.74 Å². The van der Waals surface area contributed by atoms with Gasteiger partial charge in [0.05, 0.1) is 19.6 Å². The van der Waals surface area contributed by atoms with E-state index in [1.54, 1.807) is 6.20 Å². The van der Waals surface area contributed by atoms with E-state index in [1.807, 2.05) is 6.07 Å². The number of methoxy groups -OCH3 is 1. The van der Waals surface area contributed by atoms with Crippen LogP contribution in [0.25, 0.3) is 0 Å². The summed E-state index contributed by atoms with van der Waals surface area (Å²) in [6.07, 6.45) is 5.12. The van der Waals surface area contributed by atoms with Gasteiger partial charge in [0.25, 0.3) is 0 Å². The second kappa shape index (κ2) is 7.52. The van der Waals surface area contributed by atoms with Crippen LogP contribution in [-0.2, 0) is 22.4 Å². The summed E-state index contributed by atoms with van der Waals surface area (Å²) in [7, 11) is -0.221. The highest BCUT2D eigenvalue weighted by molar-refractivity contribution is 6.59. The number of anilines is 1. The van der Waals surface area contributed by atoms with E-state index < -0.39 is 7.12 Å². The summed E-state index contributed by atoms with van der Waals surface area (Å²) in [4.78, 5) is 16.0. The highest BCUT2D eigenvalue weighted by atomic mass is 19.1. The SMILES string of the molecule is COC(=O)C[C@@H]1CCc2cc(N[C@@H]3CCc4c(B(O)O)ccc(F)c43)ncc21. The number of hydrogen-bond donors (Lipinski definition) is 3. The molecule has 2 aromatic rings. The number of aromatic nitrogens is 1. The highest BCUT2D eigenvalue weighted by Gasteiger charge is 2.32. The van der Waals surface area contributed by atoms with Gasteiger partial charge in [0.2, 0.25) is 0 Å². The number of carbonyl (C=O) groups is 1. The number of pyridine rings is 1. The van der Waals surface area contributed by atoms with Crippen molar-refractivity contribution in [3.8, 4) is 0 Å². The molecule has 3 N–H and O–H groups in total. The maximum absolute atomic E-state index is 14.4. The number of carbonyl (C=O) groups excluding carboxylic acids is 1. The third kappa shape index (κ3) is 3.38. The molecule has 0 bridgehead atoms. The lowest BCUT2D eigenvalue weighted by atomic mass is 9.76. The first-order valence-corrected chi connectivity index (χ1v) is 9.47. The molecule has 2 aliphatic rings. The average Bonchev–Trinajstić information content (AvgIpc) is 3.27. The van der Waals surface area contributed by atoms with Gasteiger partial charge in [0.15, 0.2) is 0 Å². The molecule has 0 unspecified atom stereocenters.